The molecule has 0 spiro atoms. The maximum absolute atomic E-state index is 12.9. The van der Waals surface area contributed by atoms with E-state index in [9.17, 15) is 8.42 Å². The van der Waals surface area contributed by atoms with Gasteiger partial charge in [-0.05, 0) is 30.0 Å². The van der Waals surface area contributed by atoms with Gasteiger partial charge in [0.05, 0.1) is 31.1 Å². The monoisotopic (exact) mass is 379 g/mol. The van der Waals surface area contributed by atoms with Crippen molar-refractivity contribution in [3.63, 3.8) is 0 Å². The third-order valence-corrected chi connectivity index (χ3v) is 7.01. The average molecular weight is 380 g/mol. The van der Waals surface area contributed by atoms with Crippen LogP contribution in [-0.4, -0.2) is 49.1 Å². The molecule has 1 N–H and O–H groups in total. The summed E-state index contributed by atoms with van der Waals surface area (Å²) in [6.07, 6.45) is 1.04. The molecular weight excluding hydrogens is 352 g/mol. The van der Waals surface area contributed by atoms with Crippen LogP contribution in [0.4, 0.5) is 0 Å². The molecule has 1 saturated heterocycles. The molecule has 2 aromatic rings. The summed E-state index contributed by atoms with van der Waals surface area (Å²) in [4.78, 5) is 1.63. The molecule has 8 heteroatoms. The van der Waals surface area contributed by atoms with E-state index in [-0.39, 0.29) is 0 Å². The fourth-order valence-corrected chi connectivity index (χ4v) is 4.64. The van der Waals surface area contributed by atoms with E-state index in [1.807, 2.05) is 12.1 Å². The smallest absolute Gasteiger partial charge is 0.271 e. The van der Waals surface area contributed by atoms with Crippen molar-refractivity contribution in [2.24, 2.45) is 0 Å². The molecule has 1 aromatic carbocycles. The molecule has 1 atom stereocenters. The fraction of sp³-hybridized carbons (Fsp3) is 0.556. The maximum Gasteiger partial charge on any atom is 0.271 e. The van der Waals surface area contributed by atoms with E-state index < -0.39 is 10.0 Å². The number of nitrogens with zero attached hydrogens (tertiary/aromatic N) is 3. The lowest BCUT2D eigenvalue weighted by Crippen LogP contribution is -3.13. The minimum Gasteiger partial charge on any atom is -0.420 e. The summed E-state index contributed by atoms with van der Waals surface area (Å²) in [5, 5.41) is 7.85. The normalized spacial score (nSPS) is 18.1. The van der Waals surface area contributed by atoms with Crippen LogP contribution in [0.1, 0.15) is 43.5 Å². The molecular formula is C18H27N4O3S+. The van der Waals surface area contributed by atoms with Gasteiger partial charge in [-0.2, -0.15) is 4.31 Å². The van der Waals surface area contributed by atoms with Crippen LogP contribution in [0.25, 0.3) is 0 Å². The van der Waals surface area contributed by atoms with Crippen LogP contribution in [-0.2, 0) is 16.6 Å². The molecule has 1 fully saturated rings. The Balaban J connectivity index is 1.62. The summed E-state index contributed by atoms with van der Waals surface area (Å²) in [6, 6.07) is 7.33. The summed E-state index contributed by atoms with van der Waals surface area (Å²) in [5.74, 6) is 1.60. The molecule has 2 heterocycles. The Morgan fingerprint density at radius 1 is 1.19 bits per heavy atom. The van der Waals surface area contributed by atoms with Crippen molar-refractivity contribution in [3.8, 4) is 0 Å². The van der Waals surface area contributed by atoms with Crippen molar-refractivity contribution in [2.75, 3.05) is 26.2 Å². The lowest BCUT2D eigenvalue weighted by molar-refractivity contribution is -0.918. The van der Waals surface area contributed by atoms with E-state index in [1.165, 1.54) is 10.5 Å². The molecule has 1 aliphatic rings. The summed E-state index contributed by atoms with van der Waals surface area (Å²) in [7, 11) is -3.43. The number of rotatable bonds is 6. The maximum atomic E-state index is 12.9. The van der Waals surface area contributed by atoms with Crippen LogP contribution in [0, 0.1) is 6.92 Å². The lowest BCUT2D eigenvalue weighted by Gasteiger charge is -2.30. The Bertz CT molecular complexity index is 824. The number of aryl methyl sites for hydroxylation is 1. The van der Waals surface area contributed by atoms with E-state index >= 15 is 0 Å². The van der Waals surface area contributed by atoms with Gasteiger partial charge in [-0.3, -0.25) is 0 Å². The second-order valence-electron chi connectivity index (χ2n) is 6.92. The van der Waals surface area contributed by atoms with Crippen LogP contribution < -0.4 is 4.90 Å². The molecule has 3 rings (SSSR count). The Morgan fingerprint density at radius 3 is 2.38 bits per heavy atom. The zero-order valence-electron chi connectivity index (χ0n) is 15.6. The molecule has 0 unspecified atom stereocenters. The number of piperazine rings is 1. The molecule has 0 bridgehead atoms. The van der Waals surface area contributed by atoms with Gasteiger partial charge < -0.3 is 9.32 Å². The van der Waals surface area contributed by atoms with Crippen molar-refractivity contribution >= 4 is 10.0 Å². The average Bonchev–Trinajstić information content (AvgIpc) is 3.06. The van der Waals surface area contributed by atoms with E-state index in [1.54, 1.807) is 23.4 Å². The highest BCUT2D eigenvalue weighted by Crippen LogP contribution is 2.22. The number of aromatic nitrogens is 2. The third-order valence-electron chi connectivity index (χ3n) is 5.10. The molecule has 0 aliphatic carbocycles. The zero-order valence-corrected chi connectivity index (χ0v) is 16.4. The van der Waals surface area contributed by atoms with Crippen LogP contribution in [0.2, 0.25) is 0 Å². The summed E-state index contributed by atoms with van der Waals surface area (Å²) in [5.41, 5.74) is 1.18. The number of sulfonamides is 1. The Hall–Kier alpha value is -1.77. The first-order chi connectivity index (χ1) is 12.4. The van der Waals surface area contributed by atoms with E-state index in [2.05, 4.69) is 24.0 Å². The van der Waals surface area contributed by atoms with Crippen molar-refractivity contribution in [1.29, 1.82) is 0 Å². The zero-order chi connectivity index (χ0) is 18.7. The van der Waals surface area contributed by atoms with Crippen LogP contribution >= 0.6 is 0 Å². The van der Waals surface area contributed by atoms with E-state index in [0.29, 0.717) is 42.2 Å². The summed E-state index contributed by atoms with van der Waals surface area (Å²) in [6.45, 7) is 9.14. The number of hydrogen-bond acceptors (Lipinski definition) is 5. The minimum atomic E-state index is -3.43. The quantitative estimate of drug-likeness (QED) is 0.809. The molecule has 0 saturated carbocycles. The van der Waals surface area contributed by atoms with Crippen LogP contribution in [0.5, 0.6) is 0 Å². The van der Waals surface area contributed by atoms with Gasteiger partial charge in [-0.1, -0.05) is 26.0 Å². The predicted molar refractivity (Wildman–Crippen MR) is 97.3 cm³/mol. The lowest BCUT2D eigenvalue weighted by atomic mass is 9.99. The molecule has 26 heavy (non-hydrogen) atoms. The van der Waals surface area contributed by atoms with Gasteiger partial charge in [0.1, 0.15) is 0 Å². The highest BCUT2D eigenvalue weighted by atomic mass is 32.2. The molecule has 0 radical (unpaired) electrons. The Morgan fingerprint density at radius 2 is 1.85 bits per heavy atom. The van der Waals surface area contributed by atoms with E-state index in [0.717, 1.165) is 19.5 Å². The minimum absolute atomic E-state index is 0.375. The van der Waals surface area contributed by atoms with E-state index in [4.69, 9.17) is 4.42 Å². The van der Waals surface area contributed by atoms with Gasteiger partial charge in [0.25, 0.3) is 5.89 Å². The number of quaternary nitrogens is 1. The number of hydrogen-bond donors (Lipinski definition) is 1. The van der Waals surface area contributed by atoms with Gasteiger partial charge in [0.15, 0.2) is 6.54 Å². The van der Waals surface area contributed by atoms with Gasteiger partial charge in [0, 0.05) is 6.92 Å². The highest BCUT2D eigenvalue weighted by Gasteiger charge is 2.31. The van der Waals surface area contributed by atoms with Crippen molar-refractivity contribution < 1.29 is 17.7 Å². The Labute approximate surface area is 155 Å². The van der Waals surface area contributed by atoms with Gasteiger partial charge in [-0.15, -0.1) is 10.2 Å². The first kappa shape index (κ1) is 19.0. The first-order valence-electron chi connectivity index (χ1n) is 9.12. The third kappa shape index (κ3) is 4.13. The van der Waals surface area contributed by atoms with Gasteiger partial charge in [0.2, 0.25) is 15.9 Å². The topological polar surface area (TPSA) is 80.7 Å². The standard InChI is InChI=1S/C18H26N4O3S/c1-4-14(2)16-5-7-17(8-6-16)26(23,24)22-11-9-21(10-12-22)13-18-20-19-15(3)25-18/h5-8,14H,4,9-13H2,1-3H3/p+1/t14-/m0/s1. The fourth-order valence-electron chi connectivity index (χ4n) is 3.20. The second kappa shape index (κ2) is 7.85. The molecule has 142 valence electrons. The molecule has 1 aromatic heterocycles. The van der Waals surface area contributed by atoms with Crippen molar-refractivity contribution in [2.45, 2.75) is 44.6 Å². The van der Waals surface area contributed by atoms with Gasteiger partial charge >= 0.3 is 0 Å². The molecule has 7 nitrogen and oxygen atoms in total. The second-order valence-corrected chi connectivity index (χ2v) is 8.86. The van der Waals surface area contributed by atoms with Crippen molar-refractivity contribution in [3.05, 3.63) is 41.6 Å². The number of benzene rings is 1. The van der Waals surface area contributed by atoms with Crippen LogP contribution in [0.15, 0.2) is 33.6 Å². The molecule has 0 amide bonds. The summed E-state index contributed by atoms with van der Waals surface area (Å²) < 4.78 is 32.8. The number of nitrogens with one attached hydrogen (secondary N) is 1. The molecule has 1 aliphatic heterocycles. The first-order valence-corrected chi connectivity index (χ1v) is 10.6. The largest absolute Gasteiger partial charge is 0.420 e. The van der Waals surface area contributed by atoms with Crippen LogP contribution in [0.3, 0.4) is 0 Å². The predicted octanol–water partition coefficient (Wildman–Crippen LogP) is 0.981. The van der Waals surface area contributed by atoms with Crippen molar-refractivity contribution in [1.82, 2.24) is 14.5 Å². The van der Waals surface area contributed by atoms with Gasteiger partial charge in [-0.25, -0.2) is 8.42 Å². The highest BCUT2D eigenvalue weighted by molar-refractivity contribution is 7.89. The summed E-state index contributed by atoms with van der Waals surface area (Å²) >= 11 is 0. The Kier molecular flexibility index (Phi) is 5.74. The SMILES string of the molecule is CC[C@H](C)c1ccc(S(=O)(=O)N2CC[NH+](Cc3nnc(C)o3)CC2)cc1.